The van der Waals surface area contributed by atoms with Gasteiger partial charge < -0.3 is 10.6 Å². The highest BCUT2D eigenvalue weighted by Crippen LogP contribution is 2.17. The van der Waals surface area contributed by atoms with E-state index < -0.39 is 0 Å². The highest BCUT2D eigenvalue weighted by molar-refractivity contribution is 5.99. The van der Waals surface area contributed by atoms with Crippen LogP contribution in [-0.4, -0.2) is 18.5 Å². The van der Waals surface area contributed by atoms with Crippen molar-refractivity contribution in [3.8, 4) is 0 Å². The molecular weight excluding hydrogens is 212 g/mol. The van der Waals surface area contributed by atoms with Gasteiger partial charge in [-0.2, -0.15) is 0 Å². The smallest absolute Gasteiger partial charge is 0.253 e. The van der Waals surface area contributed by atoms with E-state index >= 15 is 0 Å². The van der Waals surface area contributed by atoms with Crippen LogP contribution in [0, 0.1) is 6.92 Å². The fraction of sp³-hybridized carbons (Fsp3) is 0.500. The Hall–Kier alpha value is -1.51. The van der Waals surface area contributed by atoms with E-state index in [1.165, 1.54) is 0 Å². The van der Waals surface area contributed by atoms with Gasteiger partial charge in [-0.05, 0) is 44.9 Å². The highest BCUT2D eigenvalue weighted by Gasteiger charge is 2.11. The number of aryl methyl sites for hydroxylation is 1. The zero-order valence-corrected chi connectivity index (χ0v) is 11.1. The molecule has 0 aromatic heterocycles. The van der Waals surface area contributed by atoms with Crippen LogP contribution in [0.15, 0.2) is 18.2 Å². The maximum Gasteiger partial charge on any atom is 0.253 e. The number of anilines is 1. The van der Waals surface area contributed by atoms with Crippen molar-refractivity contribution in [2.45, 2.75) is 40.2 Å². The average molecular weight is 234 g/mol. The van der Waals surface area contributed by atoms with Crippen LogP contribution in [0.3, 0.4) is 0 Å². The van der Waals surface area contributed by atoms with Gasteiger partial charge >= 0.3 is 0 Å². The SMILES string of the molecule is CCCNc1cc(C)ccc1C(=O)NC(C)C. The molecule has 3 nitrogen and oxygen atoms in total. The molecule has 2 N–H and O–H groups in total. The normalized spacial score (nSPS) is 10.4. The molecule has 0 aliphatic carbocycles. The lowest BCUT2D eigenvalue weighted by Gasteiger charge is -2.14. The number of carbonyl (C=O) groups is 1. The Kier molecular flexibility index (Phi) is 5.01. The zero-order chi connectivity index (χ0) is 12.8. The Morgan fingerprint density at radius 1 is 1.35 bits per heavy atom. The maximum atomic E-state index is 12.0. The number of amides is 1. The summed E-state index contributed by atoms with van der Waals surface area (Å²) in [6, 6.07) is 6.02. The number of hydrogen-bond acceptors (Lipinski definition) is 2. The predicted molar refractivity (Wildman–Crippen MR) is 72.6 cm³/mol. The molecule has 0 spiro atoms. The molecule has 0 bridgehead atoms. The van der Waals surface area contributed by atoms with E-state index in [9.17, 15) is 4.79 Å². The summed E-state index contributed by atoms with van der Waals surface area (Å²) in [6.45, 7) is 8.94. The molecule has 0 saturated heterocycles. The fourth-order valence-electron chi connectivity index (χ4n) is 1.60. The lowest BCUT2D eigenvalue weighted by molar-refractivity contribution is 0.0944. The molecule has 3 heteroatoms. The van der Waals surface area contributed by atoms with Crippen molar-refractivity contribution in [1.29, 1.82) is 0 Å². The van der Waals surface area contributed by atoms with Gasteiger partial charge in [0.25, 0.3) is 5.91 Å². The van der Waals surface area contributed by atoms with Crippen LogP contribution < -0.4 is 10.6 Å². The first-order chi connectivity index (χ1) is 8.04. The van der Waals surface area contributed by atoms with Gasteiger partial charge in [0, 0.05) is 18.3 Å². The van der Waals surface area contributed by atoms with Crippen molar-refractivity contribution in [1.82, 2.24) is 5.32 Å². The minimum absolute atomic E-state index is 0.0152. The first-order valence-electron chi connectivity index (χ1n) is 6.20. The second-order valence-corrected chi connectivity index (χ2v) is 4.60. The zero-order valence-electron chi connectivity index (χ0n) is 11.1. The van der Waals surface area contributed by atoms with E-state index in [0.29, 0.717) is 0 Å². The third kappa shape index (κ3) is 4.10. The van der Waals surface area contributed by atoms with Crippen LogP contribution in [0.2, 0.25) is 0 Å². The van der Waals surface area contributed by atoms with Crippen molar-refractivity contribution in [3.63, 3.8) is 0 Å². The van der Waals surface area contributed by atoms with Gasteiger partial charge in [0.1, 0.15) is 0 Å². The maximum absolute atomic E-state index is 12.0. The van der Waals surface area contributed by atoms with Gasteiger partial charge in [-0.1, -0.05) is 13.0 Å². The van der Waals surface area contributed by atoms with Crippen LogP contribution >= 0.6 is 0 Å². The molecule has 0 aliphatic heterocycles. The summed E-state index contributed by atoms with van der Waals surface area (Å²) in [6.07, 6.45) is 1.04. The van der Waals surface area contributed by atoms with E-state index in [4.69, 9.17) is 0 Å². The first-order valence-corrected chi connectivity index (χ1v) is 6.20. The molecule has 0 radical (unpaired) electrons. The number of nitrogens with one attached hydrogen (secondary N) is 2. The third-order valence-corrected chi connectivity index (χ3v) is 2.40. The summed E-state index contributed by atoms with van der Waals surface area (Å²) in [5, 5.41) is 6.21. The Morgan fingerprint density at radius 3 is 2.65 bits per heavy atom. The van der Waals surface area contributed by atoms with Gasteiger partial charge in [0.05, 0.1) is 5.56 Å². The van der Waals surface area contributed by atoms with E-state index in [0.717, 1.165) is 29.8 Å². The lowest BCUT2D eigenvalue weighted by Crippen LogP contribution is -2.30. The second-order valence-electron chi connectivity index (χ2n) is 4.60. The van der Waals surface area contributed by atoms with Gasteiger partial charge in [0.2, 0.25) is 0 Å². The average Bonchev–Trinajstić information content (AvgIpc) is 2.25. The topological polar surface area (TPSA) is 41.1 Å². The van der Waals surface area contributed by atoms with Crippen molar-refractivity contribution in [3.05, 3.63) is 29.3 Å². The number of benzene rings is 1. The van der Waals surface area contributed by atoms with Crippen LogP contribution in [0.4, 0.5) is 5.69 Å². The molecule has 0 fully saturated rings. The lowest BCUT2D eigenvalue weighted by atomic mass is 10.1. The molecular formula is C14H22N2O. The summed E-state index contributed by atoms with van der Waals surface area (Å²) >= 11 is 0. The molecule has 0 atom stereocenters. The molecule has 1 amide bonds. The molecule has 1 aromatic rings. The number of rotatable bonds is 5. The van der Waals surface area contributed by atoms with Gasteiger partial charge in [-0.25, -0.2) is 0 Å². The highest BCUT2D eigenvalue weighted by atomic mass is 16.1. The number of hydrogen-bond donors (Lipinski definition) is 2. The Balaban J connectivity index is 2.92. The van der Waals surface area contributed by atoms with E-state index in [2.05, 4.69) is 17.6 Å². The number of carbonyl (C=O) groups excluding carboxylic acids is 1. The van der Waals surface area contributed by atoms with Crippen molar-refractivity contribution < 1.29 is 4.79 Å². The molecule has 1 rings (SSSR count). The molecule has 94 valence electrons. The summed E-state index contributed by atoms with van der Waals surface area (Å²) in [5.41, 5.74) is 2.80. The molecule has 0 heterocycles. The van der Waals surface area contributed by atoms with Gasteiger partial charge in [0.15, 0.2) is 0 Å². The van der Waals surface area contributed by atoms with Gasteiger partial charge in [-0.15, -0.1) is 0 Å². The van der Waals surface area contributed by atoms with Crippen LogP contribution in [0.25, 0.3) is 0 Å². The van der Waals surface area contributed by atoms with E-state index in [1.807, 2.05) is 39.0 Å². The summed E-state index contributed by atoms with van der Waals surface area (Å²) < 4.78 is 0. The molecule has 0 unspecified atom stereocenters. The van der Waals surface area contributed by atoms with Crippen LogP contribution in [0.1, 0.15) is 43.1 Å². The molecule has 17 heavy (non-hydrogen) atoms. The molecule has 1 aromatic carbocycles. The first kappa shape index (κ1) is 13.6. The van der Waals surface area contributed by atoms with E-state index in [1.54, 1.807) is 0 Å². The fourth-order valence-corrected chi connectivity index (χ4v) is 1.60. The summed E-state index contributed by atoms with van der Waals surface area (Å²) in [4.78, 5) is 12.0. The van der Waals surface area contributed by atoms with Crippen molar-refractivity contribution in [2.24, 2.45) is 0 Å². The minimum atomic E-state index is -0.0152. The third-order valence-electron chi connectivity index (χ3n) is 2.40. The van der Waals surface area contributed by atoms with Crippen molar-refractivity contribution in [2.75, 3.05) is 11.9 Å². The Morgan fingerprint density at radius 2 is 2.06 bits per heavy atom. The quantitative estimate of drug-likeness (QED) is 0.822. The monoisotopic (exact) mass is 234 g/mol. The Bertz CT molecular complexity index is 386. The molecule has 0 saturated carbocycles. The minimum Gasteiger partial charge on any atom is -0.384 e. The largest absolute Gasteiger partial charge is 0.384 e. The van der Waals surface area contributed by atoms with Crippen LogP contribution in [0.5, 0.6) is 0 Å². The Labute approximate surface area is 104 Å². The van der Waals surface area contributed by atoms with Crippen molar-refractivity contribution >= 4 is 11.6 Å². The van der Waals surface area contributed by atoms with E-state index in [-0.39, 0.29) is 11.9 Å². The standard InChI is InChI=1S/C14H22N2O/c1-5-8-15-13-9-11(4)6-7-12(13)14(17)16-10(2)3/h6-7,9-10,15H,5,8H2,1-4H3,(H,16,17). The molecule has 0 aliphatic rings. The van der Waals surface area contributed by atoms with Gasteiger partial charge in [-0.3, -0.25) is 4.79 Å². The summed E-state index contributed by atoms with van der Waals surface area (Å²) in [5.74, 6) is -0.0152. The summed E-state index contributed by atoms with van der Waals surface area (Å²) in [7, 11) is 0. The predicted octanol–water partition coefficient (Wildman–Crippen LogP) is 2.96. The second kappa shape index (κ2) is 6.28. The van der Waals surface area contributed by atoms with Crippen LogP contribution in [-0.2, 0) is 0 Å².